The maximum absolute atomic E-state index is 4.03. The van der Waals surface area contributed by atoms with Gasteiger partial charge in [0.25, 0.3) is 0 Å². The van der Waals surface area contributed by atoms with Crippen LogP contribution in [0.3, 0.4) is 0 Å². The first-order valence-electron chi connectivity index (χ1n) is 5.09. The summed E-state index contributed by atoms with van der Waals surface area (Å²) in [6, 6.07) is 12.5. The summed E-state index contributed by atoms with van der Waals surface area (Å²) in [6.45, 7) is 6.09. The first-order chi connectivity index (χ1) is 7.27. The highest BCUT2D eigenvalue weighted by molar-refractivity contribution is 5.33. The van der Waals surface area contributed by atoms with Gasteiger partial charge in [-0.25, -0.2) is 0 Å². The minimum atomic E-state index is 0.411. The zero-order chi connectivity index (χ0) is 10.7. The second-order valence-electron chi connectivity index (χ2n) is 3.74. The van der Waals surface area contributed by atoms with E-state index < -0.39 is 0 Å². The molecule has 1 heteroatoms. The fourth-order valence-corrected chi connectivity index (χ4v) is 1.65. The van der Waals surface area contributed by atoms with Crippen molar-refractivity contribution in [1.82, 2.24) is 4.98 Å². The third-order valence-electron chi connectivity index (χ3n) is 2.69. The van der Waals surface area contributed by atoms with Gasteiger partial charge in [-0.1, -0.05) is 31.2 Å². The SMILES string of the molecule is [CH2]c1ccc(C(C)c2ccncc2)cc1. The van der Waals surface area contributed by atoms with E-state index in [4.69, 9.17) is 0 Å². The lowest BCUT2D eigenvalue weighted by atomic mass is 9.93. The summed E-state index contributed by atoms with van der Waals surface area (Å²) in [7, 11) is 0. The van der Waals surface area contributed by atoms with Gasteiger partial charge in [0.05, 0.1) is 0 Å². The molecule has 1 nitrogen and oxygen atoms in total. The molecule has 1 aromatic heterocycles. The Labute approximate surface area is 90.8 Å². The van der Waals surface area contributed by atoms with Gasteiger partial charge < -0.3 is 0 Å². The topological polar surface area (TPSA) is 12.9 Å². The fourth-order valence-electron chi connectivity index (χ4n) is 1.65. The Kier molecular flexibility index (Phi) is 2.82. The highest BCUT2D eigenvalue weighted by atomic mass is 14.6. The van der Waals surface area contributed by atoms with Crippen LogP contribution >= 0.6 is 0 Å². The van der Waals surface area contributed by atoms with E-state index in [1.165, 1.54) is 11.1 Å². The van der Waals surface area contributed by atoms with Gasteiger partial charge in [-0.2, -0.15) is 0 Å². The van der Waals surface area contributed by atoms with Crippen LogP contribution in [0.4, 0.5) is 0 Å². The average molecular weight is 196 g/mol. The zero-order valence-corrected chi connectivity index (χ0v) is 8.85. The predicted molar refractivity (Wildman–Crippen MR) is 62.7 cm³/mol. The summed E-state index contributed by atoms with van der Waals surface area (Å²) in [5, 5.41) is 0. The van der Waals surface area contributed by atoms with Gasteiger partial charge in [0.1, 0.15) is 0 Å². The molecule has 1 aromatic carbocycles. The number of rotatable bonds is 2. The third kappa shape index (κ3) is 2.24. The third-order valence-corrected chi connectivity index (χ3v) is 2.69. The van der Waals surface area contributed by atoms with Gasteiger partial charge in [0.15, 0.2) is 0 Å². The molecule has 0 saturated carbocycles. The molecule has 0 amide bonds. The molecule has 2 aromatic rings. The molecular weight excluding hydrogens is 182 g/mol. The van der Waals surface area contributed by atoms with Crippen LogP contribution in [0.5, 0.6) is 0 Å². The molecule has 0 aliphatic heterocycles. The van der Waals surface area contributed by atoms with E-state index in [-0.39, 0.29) is 0 Å². The molecule has 0 N–H and O–H groups in total. The van der Waals surface area contributed by atoms with Crippen molar-refractivity contribution in [3.05, 3.63) is 72.4 Å². The Bertz CT molecular complexity index is 417. The van der Waals surface area contributed by atoms with Crippen LogP contribution in [0.15, 0.2) is 48.8 Å². The van der Waals surface area contributed by atoms with E-state index in [1.807, 2.05) is 24.5 Å². The molecule has 75 valence electrons. The largest absolute Gasteiger partial charge is 0.265 e. The van der Waals surface area contributed by atoms with Crippen LogP contribution in [0.1, 0.15) is 29.5 Å². The number of hydrogen-bond acceptors (Lipinski definition) is 1. The summed E-state index contributed by atoms with van der Waals surface area (Å²) in [6.07, 6.45) is 3.67. The predicted octanol–water partition coefficient (Wildman–Crippen LogP) is 3.42. The van der Waals surface area contributed by atoms with Crippen LogP contribution in [0.2, 0.25) is 0 Å². The normalized spacial score (nSPS) is 12.4. The Hall–Kier alpha value is -1.63. The first kappa shape index (κ1) is 9.91. The number of nitrogens with zero attached hydrogens (tertiary/aromatic N) is 1. The van der Waals surface area contributed by atoms with Gasteiger partial charge in [-0.15, -0.1) is 0 Å². The molecule has 1 radical (unpaired) electrons. The minimum absolute atomic E-state index is 0.411. The molecule has 0 spiro atoms. The molecule has 2 rings (SSSR count). The Morgan fingerprint density at radius 1 is 0.933 bits per heavy atom. The molecule has 0 aliphatic carbocycles. The highest BCUT2D eigenvalue weighted by Gasteiger charge is 2.06. The summed E-state index contributed by atoms with van der Waals surface area (Å²) >= 11 is 0. The summed E-state index contributed by atoms with van der Waals surface area (Å²) in [4.78, 5) is 4.03. The van der Waals surface area contributed by atoms with Crippen molar-refractivity contribution in [3.63, 3.8) is 0 Å². The first-order valence-corrected chi connectivity index (χ1v) is 5.09. The number of aromatic nitrogens is 1. The van der Waals surface area contributed by atoms with Crippen molar-refractivity contribution >= 4 is 0 Å². The van der Waals surface area contributed by atoms with Crippen molar-refractivity contribution in [1.29, 1.82) is 0 Å². The van der Waals surface area contributed by atoms with Gasteiger partial charge >= 0.3 is 0 Å². The van der Waals surface area contributed by atoms with E-state index >= 15 is 0 Å². The van der Waals surface area contributed by atoms with Crippen LogP contribution in [-0.4, -0.2) is 4.98 Å². The van der Waals surface area contributed by atoms with Gasteiger partial charge in [0, 0.05) is 18.3 Å². The molecule has 0 saturated heterocycles. The fraction of sp³-hybridized carbons (Fsp3) is 0.143. The molecular formula is C14H14N. The summed E-state index contributed by atoms with van der Waals surface area (Å²) in [5.41, 5.74) is 3.66. The quantitative estimate of drug-likeness (QED) is 0.717. The Morgan fingerprint density at radius 3 is 2.07 bits per heavy atom. The van der Waals surface area contributed by atoms with Gasteiger partial charge in [-0.05, 0) is 35.7 Å². The Morgan fingerprint density at radius 2 is 1.47 bits per heavy atom. The number of benzene rings is 1. The van der Waals surface area contributed by atoms with E-state index in [0.29, 0.717) is 5.92 Å². The van der Waals surface area contributed by atoms with Crippen molar-refractivity contribution < 1.29 is 0 Å². The molecule has 0 bridgehead atoms. The zero-order valence-electron chi connectivity index (χ0n) is 8.85. The molecule has 0 aliphatic rings. The lowest BCUT2D eigenvalue weighted by molar-refractivity contribution is 0.917. The molecule has 0 fully saturated rings. The maximum Gasteiger partial charge on any atom is 0.0270 e. The van der Waals surface area contributed by atoms with Crippen LogP contribution in [-0.2, 0) is 0 Å². The van der Waals surface area contributed by atoms with E-state index in [2.05, 4.69) is 43.1 Å². The minimum Gasteiger partial charge on any atom is -0.265 e. The maximum atomic E-state index is 4.03. The second kappa shape index (κ2) is 4.26. The van der Waals surface area contributed by atoms with E-state index in [0.717, 1.165) is 5.56 Å². The molecule has 1 atom stereocenters. The molecule has 1 unspecified atom stereocenters. The van der Waals surface area contributed by atoms with E-state index in [1.54, 1.807) is 0 Å². The average Bonchev–Trinajstić information content (AvgIpc) is 2.30. The number of pyridine rings is 1. The van der Waals surface area contributed by atoms with Crippen molar-refractivity contribution in [2.24, 2.45) is 0 Å². The summed E-state index contributed by atoms with van der Waals surface area (Å²) < 4.78 is 0. The van der Waals surface area contributed by atoms with Crippen molar-refractivity contribution in [3.8, 4) is 0 Å². The molecule has 15 heavy (non-hydrogen) atoms. The van der Waals surface area contributed by atoms with Crippen LogP contribution in [0.25, 0.3) is 0 Å². The highest BCUT2D eigenvalue weighted by Crippen LogP contribution is 2.23. The standard InChI is InChI=1S/C14H14N/c1-11-3-5-13(6-4-11)12(2)14-7-9-15-10-8-14/h3-10,12H,1H2,2H3. The van der Waals surface area contributed by atoms with Crippen LogP contribution < -0.4 is 0 Å². The van der Waals surface area contributed by atoms with Gasteiger partial charge in [-0.3, -0.25) is 4.98 Å². The van der Waals surface area contributed by atoms with Crippen LogP contribution in [0, 0.1) is 6.92 Å². The Balaban J connectivity index is 2.29. The number of hydrogen-bond donors (Lipinski definition) is 0. The smallest absolute Gasteiger partial charge is 0.0270 e. The summed E-state index contributed by atoms with van der Waals surface area (Å²) in [5.74, 6) is 0.411. The van der Waals surface area contributed by atoms with Crippen molar-refractivity contribution in [2.75, 3.05) is 0 Å². The second-order valence-corrected chi connectivity index (χ2v) is 3.74. The van der Waals surface area contributed by atoms with Gasteiger partial charge in [0.2, 0.25) is 0 Å². The lowest BCUT2D eigenvalue weighted by Crippen LogP contribution is -1.95. The monoisotopic (exact) mass is 196 g/mol. The van der Waals surface area contributed by atoms with E-state index in [9.17, 15) is 0 Å². The lowest BCUT2D eigenvalue weighted by Gasteiger charge is -2.12. The van der Waals surface area contributed by atoms with Crippen molar-refractivity contribution in [2.45, 2.75) is 12.8 Å². The molecule has 1 heterocycles.